The smallest absolute Gasteiger partial charge is 0.325 e. The summed E-state index contributed by atoms with van der Waals surface area (Å²) < 4.78 is 11.6. The van der Waals surface area contributed by atoms with Crippen molar-refractivity contribution < 1.29 is 19.1 Å². The van der Waals surface area contributed by atoms with E-state index in [9.17, 15) is 9.59 Å². The Morgan fingerprint density at radius 3 is 2.72 bits per heavy atom. The number of ether oxygens (including phenoxy) is 2. The molecule has 1 saturated heterocycles. The third-order valence-electron chi connectivity index (χ3n) is 4.80. The lowest BCUT2D eigenvalue weighted by Crippen LogP contribution is -2.54. The van der Waals surface area contributed by atoms with E-state index in [0.717, 1.165) is 10.9 Å². The highest BCUT2D eigenvalue weighted by Crippen LogP contribution is 2.49. The fraction of sp³-hybridized carbons (Fsp3) is 0.556. The Kier molecular flexibility index (Phi) is 4.47. The number of alkyl halides is 1. The second kappa shape index (κ2) is 6.20. The predicted molar refractivity (Wildman–Crippen MR) is 97.4 cm³/mol. The summed E-state index contributed by atoms with van der Waals surface area (Å²) in [4.78, 5) is 27.1. The number of rotatable bonds is 4. The number of halogens is 1. The number of nitrogens with zero attached hydrogens (tertiary/aromatic N) is 1. The van der Waals surface area contributed by atoms with Crippen molar-refractivity contribution in [3.05, 3.63) is 23.3 Å². The standard InChI is InChI=1S/C18H23BrN2O4/c1-11-13(24-4)7-6-12-14(11)25-17(2,3)10-18(12)15(22)21(9-5-8-19)16(23)20-18/h6-7H,5,8-10H2,1-4H3,(H,20,23). The van der Waals surface area contributed by atoms with Crippen molar-refractivity contribution in [1.29, 1.82) is 0 Å². The van der Waals surface area contributed by atoms with Crippen molar-refractivity contribution in [2.45, 2.75) is 44.8 Å². The Hall–Kier alpha value is -1.76. The molecule has 3 rings (SSSR count). The predicted octanol–water partition coefficient (Wildman–Crippen LogP) is 3.10. The maximum absolute atomic E-state index is 13.3. The molecule has 6 nitrogen and oxygen atoms in total. The minimum Gasteiger partial charge on any atom is -0.496 e. The van der Waals surface area contributed by atoms with Crippen LogP contribution in [0.1, 0.15) is 37.8 Å². The van der Waals surface area contributed by atoms with Crippen molar-refractivity contribution >= 4 is 27.9 Å². The largest absolute Gasteiger partial charge is 0.496 e. The lowest BCUT2D eigenvalue weighted by molar-refractivity contribution is -0.134. The summed E-state index contributed by atoms with van der Waals surface area (Å²) in [5.41, 5.74) is -0.159. The highest BCUT2D eigenvalue weighted by Gasteiger charge is 2.58. The summed E-state index contributed by atoms with van der Waals surface area (Å²) in [5.74, 6) is 1.10. The normalized spacial score (nSPS) is 24.1. The topological polar surface area (TPSA) is 67.9 Å². The van der Waals surface area contributed by atoms with Crippen molar-refractivity contribution in [2.24, 2.45) is 0 Å². The summed E-state index contributed by atoms with van der Waals surface area (Å²) in [7, 11) is 1.60. The molecule has 0 saturated carbocycles. The minimum absolute atomic E-state index is 0.208. The zero-order valence-electron chi connectivity index (χ0n) is 14.9. The molecule has 0 bridgehead atoms. The first-order valence-corrected chi connectivity index (χ1v) is 9.45. The molecular formula is C18H23BrN2O4. The number of hydrogen-bond donors (Lipinski definition) is 1. The van der Waals surface area contributed by atoms with E-state index in [1.807, 2.05) is 32.9 Å². The van der Waals surface area contributed by atoms with E-state index < -0.39 is 11.1 Å². The zero-order valence-corrected chi connectivity index (χ0v) is 16.5. The van der Waals surface area contributed by atoms with Crippen LogP contribution in [0.25, 0.3) is 0 Å². The number of methoxy groups -OCH3 is 1. The summed E-state index contributed by atoms with van der Waals surface area (Å²) in [6.07, 6.45) is 1.10. The molecule has 0 radical (unpaired) electrons. The molecule has 1 atom stereocenters. The molecule has 2 heterocycles. The van der Waals surface area contributed by atoms with E-state index in [2.05, 4.69) is 21.2 Å². The number of urea groups is 1. The van der Waals surface area contributed by atoms with Crippen LogP contribution in [0.5, 0.6) is 11.5 Å². The molecule has 0 aromatic heterocycles. The van der Waals surface area contributed by atoms with Gasteiger partial charge in [0.1, 0.15) is 17.1 Å². The number of nitrogens with one attached hydrogen (secondary N) is 1. The fourth-order valence-corrected chi connectivity index (χ4v) is 4.01. The van der Waals surface area contributed by atoms with Crippen LogP contribution in [0.15, 0.2) is 12.1 Å². The van der Waals surface area contributed by atoms with Crippen LogP contribution in [0.4, 0.5) is 4.79 Å². The second-order valence-corrected chi connectivity index (χ2v) is 7.94. The van der Waals surface area contributed by atoms with E-state index in [1.54, 1.807) is 7.11 Å². The number of amides is 3. The number of hydrogen-bond acceptors (Lipinski definition) is 4. The van der Waals surface area contributed by atoms with Gasteiger partial charge in [0.2, 0.25) is 0 Å². The van der Waals surface area contributed by atoms with Gasteiger partial charge in [0.05, 0.1) is 7.11 Å². The van der Waals surface area contributed by atoms with Crippen LogP contribution in [0, 0.1) is 6.92 Å². The van der Waals surface area contributed by atoms with Crippen molar-refractivity contribution in [3.63, 3.8) is 0 Å². The highest BCUT2D eigenvalue weighted by molar-refractivity contribution is 9.09. The van der Waals surface area contributed by atoms with E-state index in [-0.39, 0.29) is 11.9 Å². The fourth-order valence-electron chi connectivity index (χ4n) is 3.76. The summed E-state index contributed by atoms with van der Waals surface area (Å²) in [6.45, 7) is 6.15. The van der Waals surface area contributed by atoms with E-state index in [0.29, 0.717) is 36.4 Å². The average molecular weight is 411 g/mol. The summed E-state index contributed by atoms with van der Waals surface area (Å²) in [6, 6.07) is 3.30. The Labute approximate surface area is 156 Å². The lowest BCUT2D eigenvalue weighted by Gasteiger charge is -2.43. The molecule has 1 unspecified atom stereocenters. The van der Waals surface area contributed by atoms with Gasteiger partial charge in [0.25, 0.3) is 5.91 Å². The maximum Gasteiger partial charge on any atom is 0.325 e. The van der Waals surface area contributed by atoms with Gasteiger partial charge in [-0.25, -0.2) is 4.79 Å². The van der Waals surface area contributed by atoms with Gasteiger partial charge in [-0.05, 0) is 39.3 Å². The van der Waals surface area contributed by atoms with Crippen LogP contribution in [-0.4, -0.2) is 41.4 Å². The second-order valence-electron chi connectivity index (χ2n) is 7.14. The lowest BCUT2D eigenvalue weighted by atomic mass is 9.76. The molecule has 2 aliphatic heterocycles. The number of carbonyl (C=O) groups is 2. The Bertz CT molecular complexity index is 734. The number of imide groups is 1. The van der Waals surface area contributed by atoms with E-state index in [1.165, 1.54) is 4.90 Å². The molecule has 1 aromatic rings. The van der Waals surface area contributed by atoms with Gasteiger partial charge in [0.15, 0.2) is 5.54 Å². The number of fused-ring (bicyclic) bond motifs is 2. The molecule has 1 fully saturated rings. The monoisotopic (exact) mass is 410 g/mol. The van der Waals surface area contributed by atoms with Crippen LogP contribution in [0.3, 0.4) is 0 Å². The third-order valence-corrected chi connectivity index (χ3v) is 5.36. The third kappa shape index (κ3) is 2.78. The van der Waals surface area contributed by atoms with Crippen molar-refractivity contribution in [2.75, 3.05) is 19.0 Å². The quantitative estimate of drug-likeness (QED) is 0.611. The van der Waals surface area contributed by atoms with Gasteiger partial charge in [-0.2, -0.15) is 0 Å². The van der Waals surface area contributed by atoms with Gasteiger partial charge < -0.3 is 14.8 Å². The molecule has 7 heteroatoms. The molecule has 0 aliphatic carbocycles. The summed E-state index contributed by atoms with van der Waals surface area (Å²) in [5, 5.41) is 3.69. The molecule has 2 aliphatic rings. The SMILES string of the molecule is COc1ccc2c(c1C)OC(C)(C)CC21NC(=O)N(CCCBr)C1=O. The number of carbonyl (C=O) groups excluding carboxylic acids is 2. The molecule has 1 N–H and O–H groups in total. The van der Waals surface area contributed by atoms with Gasteiger partial charge in [0, 0.05) is 29.4 Å². The first kappa shape index (κ1) is 18.0. The first-order valence-electron chi connectivity index (χ1n) is 8.33. The van der Waals surface area contributed by atoms with E-state index in [4.69, 9.17) is 9.47 Å². The Balaban J connectivity index is 2.13. The van der Waals surface area contributed by atoms with Gasteiger partial charge in [-0.15, -0.1) is 0 Å². The van der Waals surface area contributed by atoms with Crippen LogP contribution in [0.2, 0.25) is 0 Å². The van der Waals surface area contributed by atoms with Crippen LogP contribution in [-0.2, 0) is 10.3 Å². The zero-order chi connectivity index (χ0) is 18.4. The molecule has 136 valence electrons. The molecule has 1 spiro atoms. The summed E-state index contributed by atoms with van der Waals surface area (Å²) >= 11 is 3.35. The Morgan fingerprint density at radius 1 is 1.36 bits per heavy atom. The molecule has 1 aromatic carbocycles. The molecular weight excluding hydrogens is 388 g/mol. The van der Waals surface area contributed by atoms with E-state index >= 15 is 0 Å². The van der Waals surface area contributed by atoms with Gasteiger partial charge >= 0.3 is 6.03 Å². The minimum atomic E-state index is -1.09. The van der Waals surface area contributed by atoms with Gasteiger partial charge in [-0.3, -0.25) is 9.69 Å². The van der Waals surface area contributed by atoms with Crippen molar-refractivity contribution in [3.8, 4) is 11.5 Å². The molecule has 25 heavy (non-hydrogen) atoms. The highest BCUT2D eigenvalue weighted by atomic mass is 79.9. The van der Waals surface area contributed by atoms with Crippen LogP contribution < -0.4 is 14.8 Å². The average Bonchev–Trinajstić information content (AvgIpc) is 2.77. The van der Waals surface area contributed by atoms with Crippen LogP contribution >= 0.6 is 15.9 Å². The maximum atomic E-state index is 13.3. The van der Waals surface area contributed by atoms with Crippen molar-refractivity contribution in [1.82, 2.24) is 10.2 Å². The number of benzene rings is 1. The Morgan fingerprint density at radius 2 is 2.08 bits per heavy atom. The molecule has 3 amide bonds. The first-order chi connectivity index (χ1) is 11.8. The van der Waals surface area contributed by atoms with Gasteiger partial charge in [-0.1, -0.05) is 15.9 Å².